The van der Waals surface area contributed by atoms with Gasteiger partial charge in [-0.2, -0.15) is 5.10 Å². The summed E-state index contributed by atoms with van der Waals surface area (Å²) in [6.45, 7) is 0.667. The topological polar surface area (TPSA) is 76.6 Å². The van der Waals surface area contributed by atoms with Crippen LogP contribution in [-0.4, -0.2) is 49.8 Å². The van der Waals surface area contributed by atoms with Crippen molar-refractivity contribution in [1.29, 1.82) is 0 Å². The standard InChI is InChI=1S/C22H24N6O/c1-27(2)17-6-4-15(5-7-17)14-25-28(3)21-12-16(8-10-23-21)20-13-18-19(26-20)9-11-24-22(18)29/h4-8,10,12-14,26H,9,11H2,1-3H3,(H,24,29)/b25-14+. The Hall–Kier alpha value is -3.61. The van der Waals surface area contributed by atoms with E-state index in [0.29, 0.717) is 6.54 Å². The van der Waals surface area contributed by atoms with Crippen molar-refractivity contribution in [3.05, 3.63) is 65.5 Å². The normalized spacial score (nSPS) is 13.3. The first kappa shape index (κ1) is 18.7. The van der Waals surface area contributed by atoms with Gasteiger partial charge in [0.15, 0.2) is 0 Å². The van der Waals surface area contributed by atoms with E-state index in [2.05, 4.69) is 37.4 Å². The van der Waals surface area contributed by atoms with Gasteiger partial charge >= 0.3 is 0 Å². The first-order chi connectivity index (χ1) is 14.0. The van der Waals surface area contributed by atoms with E-state index in [1.807, 2.05) is 57.7 Å². The Balaban J connectivity index is 1.53. The van der Waals surface area contributed by atoms with Crippen LogP contribution >= 0.6 is 0 Å². The van der Waals surface area contributed by atoms with Crippen molar-refractivity contribution in [3.63, 3.8) is 0 Å². The zero-order valence-corrected chi connectivity index (χ0v) is 16.8. The van der Waals surface area contributed by atoms with Crippen LogP contribution in [0.25, 0.3) is 11.3 Å². The molecular weight excluding hydrogens is 364 g/mol. The van der Waals surface area contributed by atoms with Crippen molar-refractivity contribution >= 4 is 23.6 Å². The van der Waals surface area contributed by atoms with Gasteiger partial charge in [0, 0.05) is 62.9 Å². The van der Waals surface area contributed by atoms with Crippen molar-refractivity contribution in [2.24, 2.45) is 5.10 Å². The van der Waals surface area contributed by atoms with Crippen LogP contribution in [-0.2, 0) is 6.42 Å². The summed E-state index contributed by atoms with van der Waals surface area (Å²) < 4.78 is 0. The molecule has 0 saturated carbocycles. The van der Waals surface area contributed by atoms with Crippen LogP contribution < -0.4 is 15.2 Å². The lowest BCUT2D eigenvalue weighted by molar-refractivity contribution is 0.0946. The number of aromatic amines is 1. The van der Waals surface area contributed by atoms with Crippen LogP contribution in [0, 0.1) is 0 Å². The Morgan fingerprint density at radius 2 is 1.90 bits per heavy atom. The minimum atomic E-state index is -0.0231. The van der Waals surface area contributed by atoms with Crippen molar-refractivity contribution in [2.45, 2.75) is 6.42 Å². The van der Waals surface area contributed by atoms with E-state index in [9.17, 15) is 4.79 Å². The zero-order valence-electron chi connectivity index (χ0n) is 16.8. The maximum absolute atomic E-state index is 12.0. The Bertz CT molecular complexity index is 1050. The molecule has 2 N–H and O–H groups in total. The number of amides is 1. The largest absolute Gasteiger partial charge is 0.378 e. The van der Waals surface area contributed by atoms with E-state index < -0.39 is 0 Å². The van der Waals surface area contributed by atoms with Crippen molar-refractivity contribution < 1.29 is 4.79 Å². The number of H-pyrrole nitrogens is 1. The molecule has 1 amide bonds. The molecule has 0 aliphatic carbocycles. The third-order valence-corrected chi connectivity index (χ3v) is 4.98. The minimum absolute atomic E-state index is 0.0231. The number of carbonyl (C=O) groups is 1. The molecule has 0 atom stereocenters. The first-order valence-electron chi connectivity index (χ1n) is 9.53. The molecule has 148 valence electrons. The number of pyridine rings is 1. The summed E-state index contributed by atoms with van der Waals surface area (Å²) in [5, 5.41) is 9.12. The maximum atomic E-state index is 12.0. The molecule has 1 aliphatic rings. The average Bonchev–Trinajstić information content (AvgIpc) is 3.18. The molecule has 0 unspecified atom stereocenters. The molecule has 0 bridgehead atoms. The molecule has 0 spiro atoms. The van der Waals surface area contributed by atoms with Gasteiger partial charge in [-0.3, -0.25) is 9.80 Å². The summed E-state index contributed by atoms with van der Waals surface area (Å²) in [5.74, 6) is 0.700. The van der Waals surface area contributed by atoms with Gasteiger partial charge < -0.3 is 15.2 Å². The fourth-order valence-corrected chi connectivity index (χ4v) is 3.28. The summed E-state index contributed by atoms with van der Waals surface area (Å²) in [6, 6.07) is 14.0. The lowest BCUT2D eigenvalue weighted by Crippen LogP contribution is -2.31. The number of nitrogens with one attached hydrogen (secondary N) is 2. The van der Waals surface area contributed by atoms with Crippen molar-refractivity contribution in [2.75, 3.05) is 37.6 Å². The van der Waals surface area contributed by atoms with E-state index in [0.717, 1.165) is 46.0 Å². The molecule has 1 aliphatic heterocycles. The Morgan fingerprint density at radius 1 is 1.10 bits per heavy atom. The minimum Gasteiger partial charge on any atom is -0.378 e. The van der Waals surface area contributed by atoms with Gasteiger partial charge in [-0.1, -0.05) is 12.1 Å². The molecule has 3 heterocycles. The van der Waals surface area contributed by atoms with Gasteiger partial charge in [0.2, 0.25) is 0 Å². The second-order valence-corrected chi connectivity index (χ2v) is 7.24. The highest BCUT2D eigenvalue weighted by Gasteiger charge is 2.20. The van der Waals surface area contributed by atoms with Crippen LogP contribution in [0.4, 0.5) is 11.5 Å². The summed E-state index contributed by atoms with van der Waals surface area (Å²) >= 11 is 0. The summed E-state index contributed by atoms with van der Waals surface area (Å²) in [5.41, 5.74) is 5.74. The number of aromatic nitrogens is 2. The highest BCUT2D eigenvalue weighted by Crippen LogP contribution is 2.26. The summed E-state index contributed by atoms with van der Waals surface area (Å²) in [4.78, 5) is 21.9. The summed E-state index contributed by atoms with van der Waals surface area (Å²) in [6.07, 6.45) is 4.38. The Labute approximate surface area is 170 Å². The van der Waals surface area contributed by atoms with Gasteiger partial charge in [0.1, 0.15) is 5.82 Å². The van der Waals surface area contributed by atoms with Gasteiger partial charge in [-0.25, -0.2) is 4.98 Å². The van der Waals surface area contributed by atoms with Crippen molar-refractivity contribution in [1.82, 2.24) is 15.3 Å². The molecular formula is C22H24N6O. The highest BCUT2D eigenvalue weighted by molar-refractivity contribution is 5.97. The molecule has 7 nitrogen and oxygen atoms in total. The van der Waals surface area contributed by atoms with Crippen LogP contribution in [0.15, 0.2) is 53.8 Å². The smallest absolute Gasteiger partial charge is 0.253 e. The Morgan fingerprint density at radius 3 is 2.62 bits per heavy atom. The zero-order chi connectivity index (χ0) is 20.4. The first-order valence-corrected chi connectivity index (χ1v) is 9.53. The predicted octanol–water partition coefficient (Wildman–Crippen LogP) is 2.90. The van der Waals surface area contributed by atoms with E-state index >= 15 is 0 Å². The second kappa shape index (κ2) is 7.79. The predicted molar refractivity (Wildman–Crippen MR) is 117 cm³/mol. The molecule has 1 aromatic carbocycles. The fraction of sp³-hybridized carbons (Fsp3) is 0.227. The number of carbonyl (C=O) groups excluding carboxylic acids is 1. The number of anilines is 2. The lowest BCUT2D eigenvalue weighted by Gasteiger charge is -2.13. The van der Waals surface area contributed by atoms with Gasteiger partial charge in [0.25, 0.3) is 5.91 Å². The maximum Gasteiger partial charge on any atom is 0.253 e. The molecule has 0 fully saturated rings. The summed E-state index contributed by atoms with van der Waals surface area (Å²) in [7, 11) is 5.90. The lowest BCUT2D eigenvalue weighted by atomic mass is 10.1. The molecule has 3 aromatic rings. The highest BCUT2D eigenvalue weighted by atomic mass is 16.1. The number of hydrogen-bond donors (Lipinski definition) is 2. The number of rotatable bonds is 5. The van der Waals surface area contributed by atoms with Gasteiger partial charge in [0.05, 0.1) is 11.8 Å². The van der Waals surface area contributed by atoms with E-state index in [4.69, 9.17) is 0 Å². The number of hydrazone groups is 1. The van der Waals surface area contributed by atoms with Crippen LogP contribution in [0.5, 0.6) is 0 Å². The molecule has 0 saturated heterocycles. The van der Waals surface area contributed by atoms with Gasteiger partial charge in [-0.15, -0.1) is 0 Å². The van der Waals surface area contributed by atoms with Crippen LogP contribution in [0.3, 0.4) is 0 Å². The molecule has 2 aromatic heterocycles. The Kier molecular flexibility index (Phi) is 5.03. The quantitative estimate of drug-likeness (QED) is 0.521. The third-order valence-electron chi connectivity index (χ3n) is 4.98. The molecule has 7 heteroatoms. The number of fused-ring (bicyclic) bond motifs is 1. The van der Waals surface area contributed by atoms with E-state index in [1.165, 1.54) is 0 Å². The number of hydrogen-bond acceptors (Lipinski definition) is 5. The van der Waals surface area contributed by atoms with E-state index in [1.54, 1.807) is 11.2 Å². The van der Waals surface area contributed by atoms with Crippen LogP contribution in [0.1, 0.15) is 21.6 Å². The molecule has 0 radical (unpaired) electrons. The van der Waals surface area contributed by atoms with E-state index in [-0.39, 0.29) is 5.91 Å². The van der Waals surface area contributed by atoms with Gasteiger partial charge in [-0.05, 0) is 35.9 Å². The second-order valence-electron chi connectivity index (χ2n) is 7.24. The SMILES string of the molecule is CN(C)c1ccc(/C=N/N(C)c2cc(-c3cc4c([nH]3)CCNC4=O)ccn2)cc1. The van der Waals surface area contributed by atoms with Crippen molar-refractivity contribution in [3.8, 4) is 11.3 Å². The van der Waals surface area contributed by atoms with Crippen LogP contribution in [0.2, 0.25) is 0 Å². The fourth-order valence-electron chi connectivity index (χ4n) is 3.28. The number of benzene rings is 1. The molecule has 29 heavy (non-hydrogen) atoms. The third kappa shape index (κ3) is 3.99. The number of nitrogens with zero attached hydrogens (tertiary/aromatic N) is 4. The average molecular weight is 388 g/mol. The monoisotopic (exact) mass is 388 g/mol. The molecule has 4 rings (SSSR count).